The molecule has 0 aliphatic carbocycles. The number of nitrogens with one attached hydrogen (secondary N) is 1. The number of benzene rings is 1. The van der Waals surface area contributed by atoms with Crippen LogP contribution in [0.3, 0.4) is 0 Å². The van der Waals surface area contributed by atoms with Gasteiger partial charge in [0.2, 0.25) is 5.91 Å². The van der Waals surface area contributed by atoms with Crippen LogP contribution in [0.1, 0.15) is 15.9 Å². The average molecular weight is 264 g/mol. The Morgan fingerprint density at radius 2 is 2.21 bits per heavy atom. The second kappa shape index (κ2) is 7.53. The van der Waals surface area contributed by atoms with Crippen LogP contribution in [0.25, 0.3) is 0 Å². The van der Waals surface area contributed by atoms with E-state index in [2.05, 4.69) is 5.32 Å². The smallest absolute Gasteiger partial charge is 0.239 e. The van der Waals surface area contributed by atoms with Crippen molar-refractivity contribution in [3.05, 3.63) is 29.3 Å². The summed E-state index contributed by atoms with van der Waals surface area (Å²) in [4.78, 5) is 24.2. The van der Waals surface area contributed by atoms with E-state index in [0.717, 1.165) is 17.5 Å². The molecule has 19 heavy (non-hydrogen) atoms. The normalized spacial score (nSPS) is 10.1. The quantitative estimate of drug-likeness (QED) is 0.590. The van der Waals surface area contributed by atoms with E-state index in [-0.39, 0.29) is 12.5 Å². The number of ether oxygens (including phenoxy) is 1. The van der Waals surface area contributed by atoms with E-state index < -0.39 is 0 Å². The van der Waals surface area contributed by atoms with Crippen LogP contribution in [0.2, 0.25) is 0 Å². The van der Waals surface area contributed by atoms with Gasteiger partial charge in [0.1, 0.15) is 6.29 Å². The molecule has 1 rings (SSSR count). The largest absolute Gasteiger partial charge is 0.383 e. The molecule has 1 amide bonds. The third-order valence-electron chi connectivity index (χ3n) is 2.83. The van der Waals surface area contributed by atoms with Gasteiger partial charge in [-0.3, -0.25) is 9.59 Å². The summed E-state index contributed by atoms with van der Waals surface area (Å²) in [5, 5.41) is 2.76. The standard InChI is InChI=1S/C14H20N2O3/c1-11-8-13(5-4-12(11)10-17)16(2)9-14(18)15-6-7-19-3/h4-5,8,10H,6-7,9H2,1-3H3,(H,15,18). The summed E-state index contributed by atoms with van der Waals surface area (Å²) in [7, 11) is 3.43. The van der Waals surface area contributed by atoms with Crippen molar-refractivity contribution in [2.45, 2.75) is 6.92 Å². The summed E-state index contributed by atoms with van der Waals surface area (Å²) in [5.41, 5.74) is 2.48. The highest BCUT2D eigenvalue weighted by Crippen LogP contribution is 2.16. The molecule has 1 aromatic rings. The van der Waals surface area contributed by atoms with E-state index in [4.69, 9.17) is 4.74 Å². The van der Waals surface area contributed by atoms with Crippen molar-refractivity contribution in [2.75, 3.05) is 38.8 Å². The Kier molecular flexibility index (Phi) is 6.02. The molecule has 0 radical (unpaired) electrons. The Bertz CT molecular complexity index is 446. The Labute approximate surface area is 113 Å². The first-order valence-corrected chi connectivity index (χ1v) is 6.11. The SMILES string of the molecule is COCCNC(=O)CN(C)c1ccc(C=O)c(C)c1. The molecule has 0 aliphatic rings. The zero-order valence-corrected chi connectivity index (χ0v) is 11.6. The minimum atomic E-state index is -0.0586. The van der Waals surface area contributed by atoms with E-state index in [9.17, 15) is 9.59 Å². The van der Waals surface area contributed by atoms with Crippen LogP contribution in [0, 0.1) is 6.92 Å². The lowest BCUT2D eigenvalue weighted by molar-refractivity contribution is -0.119. The number of likely N-dealkylation sites (N-methyl/N-ethyl adjacent to an activating group) is 1. The van der Waals surface area contributed by atoms with Gasteiger partial charge in [-0.25, -0.2) is 0 Å². The molecule has 0 saturated carbocycles. The number of rotatable bonds is 7. The molecule has 0 saturated heterocycles. The highest BCUT2D eigenvalue weighted by Gasteiger charge is 2.08. The van der Waals surface area contributed by atoms with Crippen LogP contribution in [0.4, 0.5) is 5.69 Å². The third kappa shape index (κ3) is 4.71. The number of hydrogen-bond donors (Lipinski definition) is 1. The van der Waals surface area contributed by atoms with Gasteiger partial charge < -0.3 is 15.0 Å². The zero-order chi connectivity index (χ0) is 14.3. The van der Waals surface area contributed by atoms with E-state index >= 15 is 0 Å². The van der Waals surface area contributed by atoms with Crippen LogP contribution in [-0.4, -0.2) is 46.0 Å². The summed E-state index contributed by atoms with van der Waals surface area (Å²) >= 11 is 0. The predicted octanol–water partition coefficient (Wildman–Crippen LogP) is 1.01. The average Bonchev–Trinajstić information content (AvgIpc) is 2.38. The monoisotopic (exact) mass is 264 g/mol. The summed E-state index contributed by atoms with van der Waals surface area (Å²) in [5.74, 6) is -0.0586. The van der Waals surface area contributed by atoms with Gasteiger partial charge in [-0.2, -0.15) is 0 Å². The van der Waals surface area contributed by atoms with Crippen LogP contribution >= 0.6 is 0 Å². The van der Waals surface area contributed by atoms with E-state index in [1.165, 1.54) is 0 Å². The topological polar surface area (TPSA) is 58.6 Å². The van der Waals surface area contributed by atoms with Gasteiger partial charge >= 0.3 is 0 Å². The van der Waals surface area contributed by atoms with Crippen molar-refractivity contribution in [3.63, 3.8) is 0 Å². The minimum Gasteiger partial charge on any atom is -0.383 e. The van der Waals surface area contributed by atoms with E-state index in [1.807, 2.05) is 31.0 Å². The fraction of sp³-hybridized carbons (Fsp3) is 0.429. The van der Waals surface area contributed by atoms with Gasteiger partial charge in [-0.05, 0) is 30.7 Å². The van der Waals surface area contributed by atoms with Gasteiger partial charge in [0.25, 0.3) is 0 Å². The number of amides is 1. The molecule has 5 nitrogen and oxygen atoms in total. The zero-order valence-electron chi connectivity index (χ0n) is 11.6. The van der Waals surface area contributed by atoms with Crippen LogP contribution < -0.4 is 10.2 Å². The summed E-state index contributed by atoms with van der Waals surface area (Å²) in [6.07, 6.45) is 0.830. The van der Waals surface area contributed by atoms with Crippen molar-refractivity contribution in [3.8, 4) is 0 Å². The molecule has 0 fully saturated rings. The Balaban J connectivity index is 2.57. The summed E-state index contributed by atoms with van der Waals surface area (Å²) in [6.45, 7) is 3.15. The number of carbonyl (C=O) groups excluding carboxylic acids is 2. The lowest BCUT2D eigenvalue weighted by atomic mass is 10.1. The molecule has 0 heterocycles. The molecule has 1 N–H and O–H groups in total. The molecule has 0 atom stereocenters. The molecule has 0 aromatic heterocycles. The lowest BCUT2D eigenvalue weighted by Crippen LogP contribution is -2.36. The van der Waals surface area contributed by atoms with Crippen LogP contribution in [0.15, 0.2) is 18.2 Å². The number of aldehydes is 1. The van der Waals surface area contributed by atoms with Gasteiger partial charge in [-0.1, -0.05) is 0 Å². The first-order valence-electron chi connectivity index (χ1n) is 6.11. The van der Waals surface area contributed by atoms with Crippen molar-refractivity contribution in [1.29, 1.82) is 0 Å². The fourth-order valence-electron chi connectivity index (χ4n) is 1.68. The molecule has 5 heteroatoms. The molecule has 1 aromatic carbocycles. The molecular formula is C14H20N2O3. The number of nitrogens with zero attached hydrogens (tertiary/aromatic N) is 1. The maximum absolute atomic E-state index is 11.6. The van der Waals surface area contributed by atoms with Crippen LogP contribution in [0.5, 0.6) is 0 Å². The van der Waals surface area contributed by atoms with Crippen molar-refractivity contribution in [1.82, 2.24) is 5.32 Å². The van der Waals surface area contributed by atoms with Crippen molar-refractivity contribution in [2.24, 2.45) is 0 Å². The van der Waals surface area contributed by atoms with E-state index in [1.54, 1.807) is 13.2 Å². The number of carbonyl (C=O) groups is 2. The van der Waals surface area contributed by atoms with Crippen LogP contribution in [-0.2, 0) is 9.53 Å². The molecule has 0 bridgehead atoms. The number of methoxy groups -OCH3 is 1. The lowest BCUT2D eigenvalue weighted by Gasteiger charge is -2.19. The van der Waals surface area contributed by atoms with Crippen molar-refractivity contribution >= 4 is 17.9 Å². The van der Waals surface area contributed by atoms with Crippen molar-refractivity contribution < 1.29 is 14.3 Å². The van der Waals surface area contributed by atoms with Gasteiger partial charge in [-0.15, -0.1) is 0 Å². The molecule has 104 valence electrons. The van der Waals surface area contributed by atoms with Gasteiger partial charge in [0.05, 0.1) is 13.2 Å². The first kappa shape index (κ1) is 15.2. The fourth-order valence-corrected chi connectivity index (χ4v) is 1.68. The molecule has 0 aliphatic heterocycles. The Hall–Kier alpha value is -1.88. The maximum atomic E-state index is 11.6. The molecule has 0 unspecified atom stereocenters. The van der Waals surface area contributed by atoms with E-state index in [0.29, 0.717) is 18.7 Å². The maximum Gasteiger partial charge on any atom is 0.239 e. The first-order chi connectivity index (χ1) is 9.08. The van der Waals surface area contributed by atoms with Gasteiger partial charge in [0.15, 0.2) is 0 Å². The number of hydrogen-bond acceptors (Lipinski definition) is 4. The summed E-state index contributed by atoms with van der Waals surface area (Å²) in [6, 6.07) is 5.49. The summed E-state index contributed by atoms with van der Waals surface area (Å²) < 4.78 is 4.86. The second-order valence-electron chi connectivity index (χ2n) is 4.36. The highest BCUT2D eigenvalue weighted by molar-refractivity contribution is 5.82. The predicted molar refractivity (Wildman–Crippen MR) is 74.7 cm³/mol. The number of aryl methyl sites for hydroxylation is 1. The highest BCUT2D eigenvalue weighted by atomic mass is 16.5. The molecule has 0 spiro atoms. The van der Waals surface area contributed by atoms with Gasteiger partial charge in [0, 0.05) is 32.0 Å². The Morgan fingerprint density at radius 1 is 1.47 bits per heavy atom. The Morgan fingerprint density at radius 3 is 2.79 bits per heavy atom. The molecular weight excluding hydrogens is 244 g/mol. The number of anilines is 1. The minimum absolute atomic E-state index is 0.0586. The third-order valence-corrected chi connectivity index (χ3v) is 2.83. The second-order valence-corrected chi connectivity index (χ2v) is 4.36.